The Morgan fingerprint density at radius 3 is 2.50 bits per heavy atom. The standard InChI is InChI=1S/C14H19NO3/c1-5-6-7-8-15-11(3)10(2)12(9-16)13(15)14(17)18-4/h6-7,9H,5,8H2,1-4H3/b7-6+. The molecule has 1 aromatic heterocycles. The number of aldehydes is 1. The summed E-state index contributed by atoms with van der Waals surface area (Å²) >= 11 is 0. The normalized spacial score (nSPS) is 10.9. The Hall–Kier alpha value is -1.84. The second kappa shape index (κ2) is 6.19. The smallest absolute Gasteiger partial charge is 0.355 e. The molecule has 18 heavy (non-hydrogen) atoms. The van der Waals surface area contributed by atoms with Crippen LogP contribution in [-0.2, 0) is 11.3 Å². The number of hydrogen-bond donors (Lipinski definition) is 0. The van der Waals surface area contributed by atoms with Crippen molar-refractivity contribution >= 4 is 12.3 Å². The minimum atomic E-state index is -0.474. The molecule has 0 saturated heterocycles. The largest absolute Gasteiger partial charge is 0.464 e. The zero-order valence-corrected chi connectivity index (χ0v) is 11.3. The first-order chi connectivity index (χ1) is 8.58. The van der Waals surface area contributed by atoms with Crippen molar-refractivity contribution in [1.29, 1.82) is 0 Å². The Kier molecular flexibility index (Phi) is 4.89. The lowest BCUT2D eigenvalue weighted by Crippen LogP contribution is -2.13. The first-order valence-corrected chi connectivity index (χ1v) is 5.96. The summed E-state index contributed by atoms with van der Waals surface area (Å²) < 4.78 is 6.57. The van der Waals surface area contributed by atoms with Crippen molar-refractivity contribution in [2.75, 3.05) is 7.11 Å². The summed E-state index contributed by atoms with van der Waals surface area (Å²) in [6.45, 7) is 6.35. The van der Waals surface area contributed by atoms with Gasteiger partial charge < -0.3 is 9.30 Å². The molecule has 0 N–H and O–H groups in total. The molecule has 4 heteroatoms. The van der Waals surface area contributed by atoms with Crippen LogP contribution in [0.25, 0.3) is 0 Å². The Labute approximate surface area is 107 Å². The van der Waals surface area contributed by atoms with Gasteiger partial charge >= 0.3 is 5.97 Å². The van der Waals surface area contributed by atoms with Gasteiger partial charge in [-0.1, -0.05) is 19.1 Å². The molecule has 0 aromatic carbocycles. The summed E-state index contributed by atoms with van der Waals surface area (Å²) in [6, 6.07) is 0. The highest BCUT2D eigenvalue weighted by atomic mass is 16.5. The molecule has 0 unspecified atom stereocenters. The minimum Gasteiger partial charge on any atom is -0.464 e. The average molecular weight is 249 g/mol. The third-order valence-corrected chi connectivity index (χ3v) is 3.06. The summed E-state index contributed by atoms with van der Waals surface area (Å²) in [4.78, 5) is 22.9. The third-order valence-electron chi connectivity index (χ3n) is 3.06. The van der Waals surface area contributed by atoms with Crippen LogP contribution in [0.15, 0.2) is 12.2 Å². The molecule has 0 aliphatic heterocycles. The van der Waals surface area contributed by atoms with Crippen LogP contribution in [0, 0.1) is 13.8 Å². The van der Waals surface area contributed by atoms with Crippen molar-refractivity contribution < 1.29 is 14.3 Å². The first-order valence-electron chi connectivity index (χ1n) is 5.96. The minimum absolute atomic E-state index is 0.336. The number of carbonyl (C=O) groups is 2. The van der Waals surface area contributed by atoms with Crippen molar-refractivity contribution in [3.63, 3.8) is 0 Å². The van der Waals surface area contributed by atoms with Crippen LogP contribution in [0.4, 0.5) is 0 Å². The molecule has 0 spiro atoms. The summed E-state index contributed by atoms with van der Waals surface area (Å²) in [5.41, 5.74) is 2.50. The van der Waals surface area contributed by atoms with Gasteiger partial charge in [0.15, 0.2) is 6.29 Å². The van der Waals surface area contributed by atoms with Crippen LogP contribution >= 0.6 is 0 Å². The predicted molar refractivity (Wildman–Crippen MR) is 70.1 cm³/mol. The topological polar surface area (TPSA) is 48.3 Å². The molecule has 1 rings (SSSR count). The van der Waals surface area contributed by atoms with Gasteiger partial charge in [-0.25, -0.2) is 4.79 Å². The number of allylic oxidation sites excluding steroid dienone is 2. The van der Waals surface area contributed by atoms with Crippen LogP contribution in [0.2, 0.25) is 0 Å². The van der Waals surface area contributed by atoms with Gasteiger partial charge in [-0.15, -0.1) is 0 Å². The molecule has 1 heterocycles. The summed E-state index contributed by atoms with van der Waals surface area (Å²) in [5.74, 6) is -0.474. The number of ether oxygens (including phenoxy) is 1. The van der Waals surface area contributed by atoms with Gasteiger partial charge in [0.05, 0.1) is 12.7 Å². The van der Waals surface area contributed by atoms with E-state index < -0.39 is 5.97 Å². The van der Waals surface area contributed by atoms with Crippen LogP contribution in [-0.4, -0.2) is 23.9 Å². The van der Waals surface area contributed by atoms with Crippen molar-refractivity contribution in [1.82, 2.24) is 4.57 Å². The van der Waals surface area contributed by atoms with E-state index in [4.69, 9.17) is 4.74 Å². The fourth-order valence-electron chi connectivity index (χ4n) is 1.92. The molecular weight excluding hydrogens is 230 g/mol. The van der Waals surface area contributed by atoms with Gasteiger partial charge in [0.2, 0.25) is 0 Å². The van der Waals surface area contributed by atoms with Gasteiger partial charge in [-0.05, 0) is 25.8 Å². The number of rotatable bonds is 5. The number of esters is 1. The van der Waals surface area contributed by atoms with Crippen LogP contribution < -0.4 is 0 Å². The van der Waals surface area contributed by atoms with E-state index in [0.717, 1.165) is 17.7 Å². The maximum atomic E-state index is 11.8. The molecule has 1 aromatic rings. The summed E-state index contributed by atoms with van der Waals surface area (Å²) in [5, 5.41) is 0. The van der Waals surface area contributed by atoms with Crippen LogP contribution in [0.5, 0.6) is 0 Å². The van der Waals surface area contributed by atoms with Gasteiger partial charge in [0.1, 0.15) is 5.69 Å². The number of carbonyl (C=O) groups excluding carboxylic acids is 2. The van der Waals surface area contributed by atoms with Gasteiger partial charge in [0.25, 0.3) is 0 Å². The molecule has 0 atom stereocenters. The quantitative estimate of drug-likeness (QED) is 0.458. The van der Waals surface area contributed by atoms with E-state index >= 15 is 0 Å². The maximum absolute atomic E-state index is 11.8. The third kappa shape index (κ3) is 2.53. The maximum Gasteiger partial charge on any atom is 0.355 e. The first kappa shape index (κ1) is 14.2. The fourth-order valence-corrected chi connectivity index (χ4v) is 1.92. The number of aromatic nitrogens is 1. The average Bonchev–Trinajstić information content (AvgIpc) is 2.62. The Bertz CT molecular complexity index is 484. The zero-order chi connectivity index (χ0) is 13.7. The van der Waals surface area contributed by atoms with E-state index in [9.17, 15) is 9.59 Å². The molecule has 4 nitrogen and oxygen atoms in total. The second-order valence-corrected chi connectivity index (χ2v) is 4.07. The molecule has 0 fully saturated rings. The van der Waals surface area contributed by atoms with Crippen LogP contribution in [0.3, 0.4) is 0 Å². The van der Waals surface area contributed by atoms with E-state index in [0.29, 0.717) is 24.1 Å². The molecule has 0 aliphatic rings. The lowest BCUT2D eigenvalue weighted by atomic mass is 10.1. The van der Waals surface area contributed by atoms with Crippen molar-refractivity contribution in [3.8, 4) is 0 Å². The van der Waals surface area contributed by atoms with Gasteiger partial charge in [-0.2, -0.15) is 0 Å². The molecule has 0 saturated carbocycles. The number of hydrogen-bond acceptors (Lipinski definition) is 3. The van der Waals surface area contributed by atoms with Crippen molar-refractivity contribution in [2.24, 2.45) is 0 Å². The van der Waals surface area contributed by atoms with Gasteiger partial charge in [-0.3, -0.25) is 4.79 Å². The lowest BCUT2D eigenvalue weighted by molar-refractivity contribution is 0.0586. The Morgan fingerprint density at radius 2 is 2.00 bits per heavy atom. The Morgan fingerprint density at radius 1 is 1.33 bits per heavy atom. The highest BCUT2D eigenvalue weighted by molar-refractivity contribution is 5.98. The molecule has 0 amide bonds. The van der Waals surface area contributed by atoms with E-state index in [1.54, 1.807) is 0 Å². The molecule has 0 aliphatic carbocycles. The number of methoxy groups -OCH3 is 1. The van der Waals surface area contributed by atoms with E-state index in [-0.39, 0.29) is 0 Å². The highest BCUT2D eigenvalue weighted by Crippen LogP contribution is 2.21. The molecule has 0 bridgehead atoms. The molecule has 0 radical (unpaired) electrons. The molecular formula is C14H19NO3. The van der Waals surface area contributed by atoms with Crippen LogP contribution in [0.1, 0.15) is 45.4 Å². The fraction of sp³-hybridized carbons (Fsp3) is 0.429. The van der Waals surface area contributed by atoms with E-state index in [1.807, 2.05) is 37.5 Å². The highest BCUT2D eigenvalue weighted by Gasteiger charge is 2.22. The second-order valence-electron chi connectivity index (χ2n) is 4.07. The lowest BCUT2D eigenvalue weighted by Gasteiger charge is -2.08. The van der Waals surface area contributed by atoms with Crippen molar-refractivity contribution in [3.05, 3.63) is 34.7 Å². The van der Waals surface area contributed by atoms with Gasteiger partial charge in [0, 0.05) is 12.2 Å². The zero-order valence-electron chi connectivity index (χ0n) is 11.3. The van der Waals surface area contributed by atoms with Crippen molar-refractivity contribution in [2.45, 2.75) is 33.7 Å². The number of nitrogens with zero attached hydrogens (tertiary/aromatic N) is 1. The molecule has 98 valence electrons. The monoisotopic (exact) mass is 249 g/mol. The predicted octanol–water partition coefficient (Wildman–Crippen LogP) is 2.67. The summed E-state index contributed by atoms with van der Waals surface area (Å²) in [6.07, 6.45) is 5.66. The summed E-state index contributed by atoms with van der Waals surface area (Å²) in [7, 11) is 1.32. The van der Waals surface area contributed by atoms with E-state index in [1.165, 1.54) is 7.11 Å². The SMILES string of the molecule is CC/C=C/Cn1c(C)c(C)c(C=O)c1C(=O)OC. The Balaban J connectivity index is 3.33. The van der Waals surface area contributed by atoms with E-state index in [2.05, 4.69) is 0 Å².